The molecule has 1 aromatic carbocycles. The Morgan fingerprint density at radius 3 is 2.75 bits per heavy atom. The van der Waals surface area contributed by atoms with Gasteiger partial charge in [0.05, 0.1) is 13.7 Å². The maximum atomic E-state index is 5.68. The third kappa shape index (κ3) is 3.33. The van der Waals surface area contributed by atoms with Crippen LogP contribution in [0.25, 0.3) is 0 Å². The summed E-state index contributed by atoms with van der Waals surface area (Å²) in [5.74, 6) is 1.54. The lowest BCUT2D eigenvalue weighted by Gasteiger charge is -2.32. The third-order valence-corrected chi connectivity index (χ3v) is 4.21. The van der Waals surface area contributed by atoms with E-state index in [2.05, 4.69) is 38.2 Å². The van der Waals surface area contributed by atoms with Crippen molar-refractivity contribution < 1.29 is 9.47 Å². The van der Waals surface area contributed by atoms with Crippen molar-refractivity contribution in [2.45, 2.75) is 39.7 Å². The van der Waals surface area contributed by atoms with E-state index in [-0.39, 0.29) is 0 Å². The highest BCUT2D eigenvalue weighted by molar-refractivity contribution is 5.43. The third-order valence-electron chi connectivity index (χ3n) is 4.21. The van der Waals surface area contributed by atoms with E-state index in [1.807, 2.05) is 0 Å². The van der Waals surface area contributed by atoms with E-state index in [0.717, 1.165) is 25.5 Å². The summed E-state index contributed by atoms with van der Waals surface area (Å²) in [6.07, 6.45) is 2.41. The van der Waals surface area contributed by atoms with Crippen LogP contribution >= 0.6 is 0 Å². The van der Waals surface area contributed by atoms with Crippen LogP contribution in [0.4, 0.5) is 0 Å². The van der Waals surface area contributed by atoms with Crippen molar-refractivity contribution in [2.24, 2.45) is 5.92 Å². The Morgan fingerprint density at radius 1 is 1.35 bits per heavy atom. The van der Waals surface area contributed by atoms with Gasteiger partial charge in [-0.15, -0.1) is 0 Å². The van der Waals surface area contributed by atoms with Crippen LogP contribution < -0.4 is 10.1 Å². The fourth-order valence-electron chi connectivity index (χ4n) is 3.15. The normalized spacial score (nSPS) is 20.7. The SMILES string of the molecule is CCNC(c1cc(C)c(OC)cc1C)C1CCCOC1. The van der Waals surface area contributed by atoms with E-state index in [0.29, 0.717) is 12.0 Å². The molecule has 0 aliphatic carbocycles. The second-order valence-corrected chi connectivity index (χ2v) is 5.69. The highest BCUT2D eigenvalue weighted by Gasteiger charge is 2.26. The summed E-state index contributed by atoms with van der Waals surface area (Å²) in [7, 11) is 1.73. The van der Waals surface area contributed by atoms with Crippen LogP contribution in [0.2, 0.25) is 0 Å². The van der Waals surface area contributed by atoms with Crippen molar-refractivity contribution in [2.75, 3.05) is 26.9 Å². The van der Waals surface area contributed by atoms with Gasteiger partial charge in [0.1, 0.15) is 5.75 Å². The van der Waals surface area contributed by atoms with E-state index < -0.39 is 0 Å². The van der Waals surface area contributed by atoms with Gasteiger partial charge in [-0.25, -0.2) is 0 Å². The van der Waals surface area contributed by atoms with Gasteiger partial charge in [-0.05, 0) is 56.0 Å². The minimum atomic E-state index is 0.380. The van der Waals surface area contributed by atoms with Crippen LogP contribution in [-0.4, -0.2) is 26.9 Å². The van der Waals surface area contributed by atoms with Crippen LogP contribution in [0.1, 0.15) is 42.5 Å². The van der Waals surface area contributed by atoms with Gasteiger partial charge >= 0.3 is 0 Å². The quantitative estimate of drug-likeness (QED) is 0.895. The Balaban J connectivity index is 2.30. The molecule has 1 saturated heterocycles. The smallest absolute Gasteiger partial charge is 0.122 e. The number of methoxy groups -OCH3 is 1. The molecule has 0 saturated carbocycles. The molecule has 1 heterocycles. The molecular formula is C17H27NO2. The fourth-order valence-corrected chi connectivity index (χ4v) is 3.15. The summed E-state index contributed by atoms with van der Waals surface area (Å²) in [6, 6.07) is 4.80. The van der Waals surface area contributed by atoms with Gasteiger partial charge < -0.3 is 14.8 Å². The lowest BCUT2D eigenvalue weighted by atomic mass is 9.86. The molecular weight excluding hydrogens is 250 g/mol. The lowest BCUT2D eigenvalue weighted by molar-refractivity contribution is 0.0392. The van der Waals surface area contributed by atoms with Crippen LogP contribution in [0.15, 0.2) is 12.1 Å². The zero-order valence-corrected chi connectivity index (χ0v) is 13.2. The molecule has 1 aromatic rings. The summed E-state index contributed by atoms with van der Waals surface area (Å²) in [5, 5.41) is 3.65. The molecule has 1 aliphatic heterocycles. The molecule has 0 aromatic heterocycles. The van der Waals surface area contributed by atoms with E-state index in [1.54, 1.807) is 7.11 Å². The number of hydrogen-bond acceptors (Lipinski definition) is 3. The Hall–Kier alpha value is -1.06. The first-order chi connectivity index (χ1) is 9.67. The average molecular weight is 277 g/mol. The minimum Gasteiger partial charge on any atom is -0.496 e. The molecule has 2 unspecified atom stereocenters. The van der Waals surface area contributed by atoms with Crippen LogP contribution in [0.3, 0.4) is 0 Å². The van der Waals surface area contributed by atoms with Gasteiger partial charge in [0, 0.05) is 18.6 Å². The zero-order valence-electron chi connectivity index (χ0n) is 13.2. The van der Waals surface area contributed by atoms with Crippen molar-refractivity contribution >= 4 is 0 Å². The number of hydrogen-bond donors (Lipinski definition) is 1. The molecule has 0 radical (unpaired) electrons. The highest BCUT2D eigenvalue weighted by atomic mass is 16.5. The number of nitrogens with one attached hydrogen (secondary N) is 1. The Bertz CT molecular complexity index is 439. The molecule has 20 heavy (non-hydrogen) atoms. The van der Waals surface area contributed by atoms with E-state index in [9.17, 15) is 0 Å². The molecule has 1 aliphatic rings. The summed E-state index contributed by atoms with van der Waals surface area (Å²) in [6.45, 7) is 9.21. The van der Waals surface area contributed by atoms with Gasteiger partial charge in [-0.2, -0.15) is 0 Å². The molecule has 3 heteroatoms. The Morgan fingerprint density at radius 2 is 2.15 bits per heavy atom. The van der Waals surface area contributed by atoms with Gasteiger partial charge in [-0.1, -0.05) is 13.0 Å². The van der Waals surface area contributed by atoms with Crippen LogP contribution in [0.5, 0.6) is 5.75 Å². The molecule has 2 rings (SSSR count). The molecule has 0 bridgehead atoms. The predicted molar refractivity (Wildman–Crippen MR) is 82.4 cm³/mol. The number of rotatable bonds is 5. The lowest BCUT2D eigenvalue weighted by Crippen LogP contribution is -2.33. The molecule has 0 spiro atoms. The molecule has 3 nitrogen and oxygen atoms in total. The first kappa shape index (κ1) is 15.3. The molecule has 0 amide bonds. The van der Waals surface area contributed by atoms with Crippen molar-refractivity contribution in [1.29, 1.82) is 0 Å². The van der Waals surface area contributed by atoms with E-state index in [1.165, 1.54) is 29.5 Å². The van der Waals surface area contributed by atoms with Crippen molar-refractivity contribution in [3.8, 4) is 5.75 Å². The summed E-state index contributed by atoms with van der Waals surface area (Å²) < 4.78 is 11.1. The zero-order chi connectivity index (χ0) is 14.5. The van der Waals surface area contributed by atoms with Crippen LogP contribution in [-0.2, 0) is 4.74 Å². The van der Waals surface area contributed by atoms with Crippen molar-refractivity contribution in [1.82, 2.24) is 5.32 Å². The number of benzene rings is 1. The largest absolute Gasteiger partial charge is 0.496 e. The Kier molecular flexibility index (Phi) is 5.44. The average Bonchev–Trinajstić information content (AvgIpc) is 2.48. The second kappa shape index (κ2) is 7.09. The second-order valence-electron chi connectivity index (χ2n) is 5.69. The van der Waals surface area contributed by atoms with Crippen LogP contribution in [0, 0.1) is 19.8 Å². The molecule has 112 valence electrons. The van der Waals surface area contributed by atoms with Gasteiger partial charge in [0.15, 0.2) is 0 Å². The standard InChI is InChI=1S/C17H27NO2/c1-5-18-17(14-7-6-8-20-11-14)15-9-13(3)16(19-4)10-12(15)2/h9-10,14,17-18H,5-8,11H2,1-4H3. The number of ether oxygens (including phenoxy) is 2. The Labute approximate surface area is 122 Å². The highest BCUT2D eigenvalue weighted by Crippen LogP contribution is 2.33. The monoisotopic (exact) mass is 277 g/mol. The number of aryl methyl sites for hydroxylation is 2. The van der Waals surface area contributed by atoms with Gasteiger partial charge in [-0.3, -0.25) is 0 Å². The summed E-state index contributed by atoms with van der Waals surface area (Å²) in [4.78, 5) is 0. The van der Waals surface area contributed by atoms with Crippen molar-refractivity contribution in [3.05, 3.63) is 28.8 Å². The first-order valence-electron chi connectivity index (χ1n) is 7.63. The maximum Gasteiger partial charge on any atom is 0.122 e. The summed E-state index contributed by atoms with van der Waals surface area (Å²) in [5.41, 5.74) is 3.89. The van der Waals surface area contributed by atoms with E-state index in [4.69, 9.17) is 9.47 Å². The summed E-state index contributed by atoms with van der Waals surface area (Å²) >= 11 is 0. The first-order valence-corrected chi connectivity index (χ1v) is 7.63. The predicted octanol–water partition coefficient (Wildman–Crippen LogP) is 3.39. The molecule has 1 N–H and O–H groups in total. The maximum absolute atomic E-state index is 5.68. The van der Waals surface area contributed by atoms with E-state index >= 15 is 0 Å². The topological polar surface area (TPSA) is 30.5 Å². The molecule has 2 atom stereocenters. The van der Waals surface area contributed by atoms with Gasteiger partial charge in [0.25, 0.3) is 0 Å². The minimum absolute atomic E-state index is 0.380. The molecule has 1 fully saturated rings. The van der Waals surface area contributed by atoms with Gasteiger partial charge in [0.2, 0.25) is 0 Å². The van der Waals surface area contributed by atoms with Crippen molar-refractivity contribution in [3.63, 3.8) is 0 Å². The fraction of sp³-hybridized carbons (Fsp3) is 0.647.